The third kappa shape index (κ3) is 4.41. The maximum absolute atomic E-state index is 12.1. The summed E-state index contributed by atoms with van der Waals surface area (Å²) in [5, 5.41) is 4.53. The van der Waals surface area contributed by atoms with Crippen molar-refractivity contribution in [3.05, 3.63) is 59.4 Å². The van der Waals surface area contributed by atoms with Crippen LogP contribution in [0, 0.1) is 0 Å². The molecule has 3 heterocycles. The summed E-state index contributed by atoms with van der Waals surface area (Å²) in [6.07, 6.45) is 5.98. The zero-order valence-corrected chi connectivity index (χ0v) is 18.1. The standard InChI is InChI=1S/C24H28N4O4/c29-22-11-12-23(30)32-28-20(24-19(25-28)8-4-10-21(24)31-22)9-5-13-26-14-16-27(17-15-26)18-6-2-1-3-7-18/h1-3,6-7,11-12,21H,4-5,8-10,13-17H2/b12-11-. The van der Waals surface area contributed by atoms with Crippen LogP contribution in [0.3, 0.4) is 0 Å². The zero-order chi connectivity index (χ0) is 21.9. The van der Waals surface area contributed by atoms with E-state index in [1.165, 1.54) is 10.5 Å². The molecule has 168 valence electrons. The van der Waals surface area contributed by atoms with Gasteiger partial charge in [-0.2, -0.15) is 0 Å². The summed E-state index contributed by atoms with van der Waals surface area (Å²) in [7, 11) is 0. The molecule has 1 unspecified atom stereocenters. The first kappa shape index (κ1) is 20.8. The summed E-state index contributed by atoms with van der Waals surface area (Å²) in [5.41, 5.74) is 3.93. The largest absolute Gasteiger partial charge is 0.454 e. The molecule has 8 nitrogen and oxygen atoms in total. The molecule has 0 spiro atoms. The summed E-state index contributed by atoms with van der Waals surface area (Å²) < 4.78 is 5.64. The second-order valence-electron chi connectivity index (χ2n) is 8.51. The van der Waals surface area contributed by atoms with Crippen molar-refractivity contribution in [3.63, 3.8) is 0 Å². The molecule has 1 aromatic carbocycles. The van der Waals surface area contributed by atoms with Crippen molar-refractivity contribution in [3.8, 4) is 0 Å². The number of aromatic nitrogens is 2. The second-order valence-corrected chi connectivity index (χ2v) is 8.51. The van der Waals surface area contributed by atoms with Crippen molar-refractivity contribution in [1.29, 1.82) is 0 Å². The van der Waals surface area contributed by atoms with Crippen molar-refractivity contribution >= 4 is 17.6 Å². The number of hydrogen-bond acceptors (Lipinski definition) is 7. The Balaban J connectivity index is 1.24. The molecule has 1 aromatic heterocycles. The van der Waals surface area contributed by atoms with Crippen LogP contribution in [0.4, 0.5) is 5.69 Å². The predicted octanol–water partition coefficient (Wildman–Crippen LogP) is 2.08. The number of esters is 1. The summed E-state index contributed by atoms with van der Waals surface area (Å²) in [6, 6.07) is 10.5. The SMILES string of the molecule is O=C1/C=C\C(=O)On2nc3c(c2CCCN2CCN(c4ccccc4)CC2)C(CCC3)O1. The van der Waals surface area contributed by atoms with Crippen LogP contribution in [-0.4, -0.2) is 59.5 Å². The average Bonchev–Trinajstić information content (AvgIpc) is 3.16. The van der Waals surface area contributed by atoms with Crippen molar-refractivity contribution in [2.75, 3.05) is 37.6 Å². The van der Waals surface area contributed by atoms with Gasteiger partial charge in [-0.1, -0.05) is 23.0 Å². The summed E-state index contributed by atoms with van der Waals surface area (Å²) in [5.74, 6) is -1.14. The van der Waals surface area contributed by atoms with Crippen LogP contribution >= 0.6 is 0 Å². The minimum atomic E-state index is -0.626. The van der Waals surface area contributed by atoms with E-state index >= 15 is 0 Å². The Morgan fingerprint density at radius 1 is 1.00 bits per heavy atom. The van der Waals surface area contributed by atoms with Crippen LogP contribution in [0.15, 0.2) is 42.5 Å². The molecule has 32 heavy (non-hydrogen) atoms. The maximum Gasteiger partial charge on any atom is 0.358 e. The minimum absolute atomic E-state index is 0.328. The first-order valence-corrected chi connectivity index (χ1v) is 11.4. The van der Waals surface area contributed by atoms with Gasteiger partial charge in [-0.05, 0) is 50.8 Å². The van der Waals surface area contributed by atoms with Gasteiger partial charge in [-0.25, -0.2) is 9.59 Å². The van der Waals surface area contributed by atoms with E-state index in [2.05, 4.69) is 39.2 Å². The lowest BCUT2D eigenvalue weighted by Crippen LogP contribution is -2.46. The van der Waals surface area contributed by atoms with Gasteiger partial charge in [0.25, 0.3) is 0 Å². The molecule has 1 fully saturated rings. The number of benzene rings is 1. The minimum Gasteiger partial charge on any atom is -0.454 e. The van der Waals surface area contributed by atoms with Crippen molar-refractivity contribution in [2.45, 2.75) is 38.2 Å². The summed E-state index contributed by atoms with van der Waals surface area (Å²) in [6.45, 7) is 5.03. The molecular formula is C24H28N4O4. The van der Waals surface area contributed by atoms with E-state index < -0.39 is 11.9 Å². The van der Waals surface area contributed by atoms with E-state index in [9.17, 15) is 9.59 Å². The second kappa shape index (κ2) is 9.16. The number of nitrogens with zero attached hydrogens (tertiary/aromatic N) is 4. The Morgan fingerprint density at radius 2 is 1.78 bits per heavy atom. The van der Waals surface area contributed by atoms with Crippen LogP contribution in [0.1, 0.15) is 42.3 Å². The lowest BCUT2D eigenvalue weighted by molar-refractivity contribution is -0.146. The summed E-state index contributed by atoms with van der Waals surface area (Å²) in [4.78, 5) is 35.8. The molecule has 0 amide bonds. The number of fused-ring (bicyclic) bond motifs is 1. The number of rotatable bonds is 5. The van der Waals surface area contributed by atoms with Gasteiger partial charge in [0.1, 0.15) is 6.10 Å². The number of carbonyl (C=O) groups excluding carboxylic acids is 2. The third-order valence-electron chi connectivity index (χ3n) is 6.44. The highest BCUT2D eigenvalue weighted by atomic mass is 16.7. The quantitative estimate of drug-likeness (QED) is 0.664. The molecule has 2 aromatic rings. The molecule has 2 bridgehead atoms. The van der Waals surface area contributed by atoms with Crippen molar-refractivity contribution in [2.24, 2.45) is 0 Å². The van der Waals surface area contributed by atoms with Gasteiger partial charge in [-0.15, -0.1) is 5.10 Å². The Labute approximate surface area is 187 Å². The van der Waals surface area contributed by atoms with Crippen LogP contribution in [0.5, 0.6) is 0 Å². The smallest absolute Gasteiger partial charge is 0.358 e. The van der Waals surface area contributed by atoms with E-state index in [0.717, 1.165) is 87.5 Å². The highest BCUT2D eigenvalue weighted by Gasteiger charge is 2.32. The summed E-state index contributed by atoms with van der Waals surface area (Å²) >= 11 is 0. The average molecular weight is 437 g/mol. The fourth-order valence-electron chi connectivity index (χ4n) is 4.84. The third-order valence-corrected chi connectivity index (χ3v) is 6.44. The van der Waals surface area contributed by atoms with Gasteiger partial charge < -0.3 is 14.5 Å². The molecule has 0 saturated carbocycles. The number of carbonyl (C=O) groups is 2. The predicted molar refractivity (Wildman–Crippen MR) is 118 cm³/mol. The van der Waals surface area contributed by atoms with Crippen molar-refractivity contribution in [1.82, 2.24) is 14.8 Å². The number of ether oxygens (including phenoxy) is 1. The first-order chi connectivity index (χ1) is 15.7. The molecule has 3 aliphatic rings. The monoisotopic (exact) mass is 436 g/mol. The highest BCUT2D eigenvalue weighted by molar-refractivity contribution is 5.92. The molecule has 2 aliphatic heterocycles. The normalized spacial score (nSPS) is 22.2. The van der Waals surface area contributed by atoms with Gasteiger partial charge in [0.2, 0.25) is 0 Å². The van der Waals surface area contributed by atoms with Crippen LogP contribution < -0.4 is 9.74 Å². The Morgan fingerprint density at radius 3 is 2.59 bits per heavy atom. The van der Waals surface area contributed by atoms with E-state index in [1.54, 1.807) is 0 Å². The van der Waals surface area contributed by atoms with E-state index in [1.807, 2.05) is 6.07 Å². The lowest BCUT2D eigenvalue weighted by Gasteiger charge is -2.36. The van der Waals surface area contributed by atoms with Crippen molar-refractivity contribution < 1.29 is 19.2 Å². The fourth-order valence-corrected chi connectivity index (χ4v) is 4.84. The number of hydrogen-bond donors (Lipinski definition) is 0. The zero-order valence-electron chi connectivity index (χ0n) is 18.1. The number of piperazine rings is 1. The number of anilines is 1. The van der Waals surface area contributed by atoms with Crippen LogP contribution in [0.25, 0.3) is 0 Å². The molecule has 8 heteroatoms. The topological polar surface area (TPSA) is 76.9 Å². The van der Waals surface area contributed by atoms with Crippen LogP contribution in [-0.2, 0) is 27.2 Å². The Hall–Kier alpha value is -3.13. The van der Waals surface area contributed by atoms with Gasteiger partial charge in [0.15, 0.2) is 0 Å². The van der Waals surface area contributed by atoms with Crippen LogP contribution in [0.2, 0.25) is 0 Å². The van der Waals surface area contributed by atoms with Gasteiger partial charge in [0, 0.05) is 49.6 Å². The Bertz CT molecular complexity index is 1010. The van der Waals surface area contributed by atoms with E-state index in [4.69, 9.17) is 9.57 Å². The van der Waals surface area contributed by atoms with E-state index in [-0.39, 0.29) is 6.10 Å². The fraction of sp³-hybridized carbons (Fsp3) is 0.458. The molecular weight excluding hydrogens is 408 g/mol. The molecule has 1 aliphatic carbocycles. The molecule has 1 atom stereocenters. The molecule has 5 rings (SSSR count). The van der Waals surface area contributed by atoms with Gasteiger partial charge in [0.05, 0.1) is 11.4 Å². The molecule has 0 radical (unpaired) electrons. The molecule has 0 N–H and O–H groups in total. The highest BCUT2D eigenvalue weighted by Crippen LogP contribution is 2.35. The van der Waals surface area contributed by atoms with Gasteiger partial charge in [-0.3, -0.25) is 4.90 Å². The number of para-hydroxylation sites is 1. The van der Waals surface area contributed by atoms with E-state index in [0.29, 0.717) is 6.42 Å². The first-order valence-electron chi connectivity index (χ1n) is 11.4. The Kier molecular flexibility index (Phi) is 5.94. The van der Waals surface area contributed by atoms with Gasteiger partial charge >= 0.3 is 11.9 Å². The number of aryl methyl sites for hydroxylation is 1. The lowest BCUT2D eigenvalue weighted by atomic mass is 9.91. The maximum atomic E-state index is 12.1. The molecule has 1 saturated heterocycles.